The van der Waals surface area contributed by atoms with Crippen LogP contribution < -0.4 is 5.32 Å². The van der Waals surface area contributed by atoms with Crippen molar-refractivity contribution in [2.24, 2.45) is 0 Å². The highest BCUT2D eigenvalue weighted by Gasteiger charge is 2.16. The summed E-state index contributed by atoms with van der Waals surface area (Å²) in [6, 6.07) is 11.5. The number of hydrogen-bond acceptors (Lipinski definition) is 4. The highest BCUT2D eigenvalue weighted by atomic mass is 35.5. The topological polar surface area (TPSA) is 72.2 Å². The van der Waals surface area contributed by atoms with Gasteiger partial charge in [0.15, 0.2) is 0 Å². The quantitative estimate of drug-likeness (QED) is 0.483. The summed E-state index contributed by atoms with van der Waals surface area (Å²) in [5.41, 5.74) is 1.61. The number of aryl methyl sites for hydroxylation is 1. The van der Waals surface area contributed by atoms with Crippen LogP contribution in [0.1, 0.15) is 12.5 Å². The fourth-order valence-electron chi connectivity index (χ4n) is 1.86. The van der Waals surface area contributed by atoms with E-state index < -0.39 is 4.92 Å². The predicted molar refractivity (Wildman–Crippen MR) is 93.2 cm³/mol. The second-order valence-corrected chi connectivity index (χ2v) is 6.81. The highest BCUT2D eigenvalue weighted by molar-refractivity contribution is 8.00. The van der Waals surface area contributed by atoms with Crippen molar-refractivity contribution in [3.05, 3.63) is 63.2 Å². The minimum Gasteiger partial charge on any atom is -0.324 e. The Morgan fingerprint density at radius 1 is 1.26 bits per heavy atom. The van der Waals surface area contributed by atoms with Gasteiger partial charge in [-0.2, -0.15) is 0 Å². The van der Waals surface area contributed by atoms with Gasteiger partial charge in [0.05, 0.1) is 20.9 Å². The smallest absolute Gasteiger partial charge is 0.269 e. The van der Waals surface area contributed by atoms with Gasteiger partial charge >= 0.3 is 0 Å². The van der Waals surface area contributed by atoms with Crippen LogP contribution in [0.5, 0.6) is 0 Å². The fourth-order valence-corrected chi connectivity index (χ4v) is 3.01. The van der Waals surface area contributed by atoms with Crippen molar-refractivity contribution in [2.45, 2.75) is 24.0 Å². The van der Waals surface area contributed by atoms with Crippen molar-refractivity contribution in [3.63, 3.8) is 0 Å². The Morgan fingerprint density at radius 3 is 2.48 bits per heavy atom. The first-order valence-corrected chi connectivity index (χ1v) is 8.10. The number of nitrogens with zero attached hydrogens (tertiary/aromatic N) is 1. The number of carbonyl (C=O) groups excluding carboxylic acids is 1. The zero-order valence-electron chi connectivity index (χ0n) is 12.6. The summed E-state index contributed by atoms with van der Waals surface area (Å²) in [5.74, 6) is -0.181. The lowest BCUT2D eigenvalue weighted by Gasteiger charge is -2.13. The van der Waals surface area contributed by atoms with Gasteiger partial charge in [0, 0.05) is 17.0 Å². The van der Waals surface area contributed by atoms with Crippen LogP contribution >= 0.6 is 23.4 Å². The maximum atomic E-state index is 12.2. The van der Waals surface area contributed by atoms with Crippen molar-refractivity contribution >= 4 is 40.6 Å². The van der Waals surface area contributed by atoms with Gasteiger partial charge in [-0.3, -0.25) is 14.9 Å². The molecular weight excluding hydrogens is 336 g/mol. The van der Waals surface area contributed by atoms with E-state index >= 15 is 0 Å². The number of nitrogens with one attached hydrogen (secondary N) is 1. The van der Waals surface area contributed by atoms with Crippen LogP contribution in [0, 0.1) is 17.0 Å². The summed E-state index contributed by atoms with van der Waals surface area (Å²) >= 11 is 7.42. The second-order valence-electron chi connectivity index (χ2n) is 4.98. The standard InChI is InChI=1S/C16H15ClN2O3S/c1-10-3-8-15(14(17)9-10)18-16(20)11(2)23-13-6-4-12(5-7-13)19(21)22/h3-9,11H,1-2H3,(H,18,20)/t11-/m1/s1. The molecule has 0 bridgehead atoms. The molecule has 120 valence electrons. The van der Waals surface area contributed by atoms with Crippen molar-refractivity contribution in [1.29, 1.82) is 0 Å². The Balaban J connectivity index is 2.00. The van der Waals surface area contributed by atoms with E-state index in [2.05, 4.69) is 5.32 Å². The lowest BCUT2D eigenvalue weighted by atomic mass is 10.2. The van der Waals surface area contributed by atoms with Gasteiger partial charge in [-0.1, -0.05) is 17.7 Å². The van der Waals surface area contributed by atoms with E-state index in [0.29, 0.717) is 10.7 Å². The van der Waals surface area contributed by atoms with Crippen molar-refractivity contribution in [3.8, 4) is 0 Å². The van der Waals surface area contributed by atoms with Crippen molar-refractivity contribution in [1.82, 2.24) is 0 Å². The number of thioether (sulfide) groups is 1. The minimum absolute atomic E-state index is 0.0258. The maximum Gasteiger partial charge on any atom is 0.269 e. The summed E-state index contributed by atoms with van der Waals surface area (Å²) < 4.78 is 0. The lowest BCUT2D eigenvalue weighted by molar-refractivity contribution is -0.384. The molecule has 23 heavy (non-hydrogen) atoms. The van der Waals surface area contributed by atoms with E-state index in [9.17, 15) is 14.9 Å². The minimum atomic E-state index is -0.454. The third-order valence-electron chi connectivity index (χ3n) is 3.11. The monoisotopic (exact) mass is 350 g/mol. The third-order valence-corrected chi connectivity index (χ3v) is 4.54. The number of rotatable bonds is 5. The summed E-state index contributed by atoms with van der Waals surface area (Å²) in [4.78, 5) is 23.2. The number of nitro groups is 1. The first-order chi connectivity index (χ1) is 10.9. The molecule has 0 saturated heterocycles. The maximum absolute atomic E-state index is 12.2. The number of hydrogen-bond donors (Lipinski definition) is 1. The van der Waals surface area contributed by atoms with Gasteiger partial charge in [-0.15, -0.1) is 11.8 Å². The Kier molecular flexibility index (Phi) is 5.63. The Bertz CT molecular complexity index is 735. The largest absolute Gasteiger partial charge is 0.324 e. The van der Waals surface area contributed by atoms with Crippen molar-refractivity contribution in [2.75, 3.05) is 5.32 Å². The van der Waals surface area contributed by atoms with Crippen LogP contribution in [-0.2, 0) is 4.79 Å². The van der Waals surface area contributed by atoms with Crippen molar-refractivity contribution < 1.29 is 9.72 Å². The molecule has 0 heterocycles. The van der Waals surface area contributed by atoms with E-state index in [1.165, 1.54) is 23.9 Å². The third kappa shape index (κ3) is 4.71. The van der Waals surface area contributed by atoms with Crippen LogP contribution in [0.2, 0.25) is 5.02 Å². The Morgan fingerprint density at radius 2 is 1.91 bits per heavy atom. The number of non-ortho nitro benzene ring substituents is 1. The SMILES string of the molecule is Cc1ccc(NC(=O)[C@@H](C)Sc2ccc([N+](=O)[O-])cc2)c(Cl)c1. The zero-order chi connectivity index (χ0) is 17.0. The number of carbonyl (C=O) groups is 1. The Labute approximate surface area is 143 Å². The van der Waals surface area contributed by atoms with E-state index in [0.717, 1.165) is 10.5 Å². The molecule has 1 atom stereocenters. The highest BCUT2D eigenvalue weighted by Crippen LogP contribution is 2.28. The normalized spacial score (nSPS) is 11.8. The molecule has 0 unspecified atom stereocenters. The summed E-state index contributed by atoms with van der Waals surface area (Å²) in [5, 5.41) is 13.5. The number of amides is 1. The fraction of sp³-hybridized carbons (Fsp3) is 0.188. The van der Waals surface area contributed by atoms with E-state index in [1.54, 1.807) is 31.2 Å². The average Bonchev–Trinajstić information content (AvgIpc) is 2.50. The second kappa shape index (κ2) is 7.48. The first kappa shape index (κ1) is 17.3. The number of nitro benzene ring substituents is 1. The molecule has 0 radical (unpaired) electrons. The summed E-state index contributed by atoms with van der Waals surface area (Å²) in [6.07, 6.45) is 0. The molecule has 1 N–H and O–H groups in total. The van der Waals surface area contributed by atoms with Crippen LogP contribution in [-0.4, -0.2) is 16.1 Å². The molecule has 0 aliphatic heterocycles. The van der Waals surface area contributed by atoms with Crippen LogP contribution in [0.25, 0.3) is 0 Å². The Hall–Kier alpha value is -2.05. The summed E-state index contributed by atoms with van der Waals surface area (Å²) in [6.45, 7) is 3.69. The molecule has 5 nitrogen and oxygen atoms in total. The molecule has 0 fully saturated rings. The molecule has 7 heteroatoms. The molecule has 0 saturated carbocycles. The molecule has 2 aromatic rings. The molecule has 0 aliphatic carbocycles. The molecule has 1 amide bonds. The molecule has 0 spiro atoms. The molecular formula is C16H15ClN2O3S. The van der Waals surface area contributed by atoms with Gasteiger partial charge in [0.2, 0.25) is 5.91 Å². The van der Waals surface area contributed by atoms with Crippen LogP contribution in [0.4, 0.5) is 11.4 Å². The van der Waals surface area contributed by atoms with E-state index in [1.807, 2.05) is 13.0 Å². The van der Waals surface area contributed by atoms with Gasteiger partial charge in [-0.25, -0.2) is 0 Å². The van der Waals surface area contributed by atoms with Gasteiger partial charge < -0.3 is 5.32 Å². The van der Waals surface area contributed by atoms with Gasteiger partial charge in [0.1, 0.15) is 0 Å². The molecule has 2 aromatic carbocycles. The van der Waals surface area contributed by atoms with E-state index in [-0.39, 0.29) is 16.8 Å². The number of anilines is 1. The number of benzene rings is 2. The lowest BCUT2D eigenvalue weighted by Crippen LogP contribution is -2.22. The van der Waals surface area contributed by atoms with Crippen LogP contribution in [0.15, 0.2) is 47.4 Å². The zero-order valence-corrected chi connectivity index (χ0v) is 14.1. The van der Waals surface area contributed by atoms with E-state index in [4.69, 9.17) is 11.6 Å². The van der Waals surface area contributed by atoms with Gasteiger partial charge in [0.25, 0.3) is 5.69 Å². The first-order valence-electron chi connectivity index (χ1n) is 6.85. The average molecular weight is 351 g/mol. The molecule has 0 aromatic heterocycles. The predicted octanol–water partition coefficient (Wildman–Crippen LogP) is 4.68. The van der Waals surface area contributed by atoms with Crippen LogP contribution in [0.3, 0.4) is 0 Å². The summed E-state index contributed by atoms with van der Waals surface area (Å²) in [7, 11) is 0. The molecule has 2 rings (SSSR count). The molecule has 0 aliphatic rings. The number of halogens is 1. The van der Waals surface area contributed by atoms with Gasteiger partial charge in [-0.05, 0) is 43.7 Å².